The van der Waals surface area contributed by atoms with Gasteiger partial charge < -0.3 is 19.3 Å². The van der Waals surface area contributed by atoms with E-state index in [9.17, 15) is 4.79 Å². The molecule has 0 N–H and O–H groups in total. The first kappa shape index (κ1) is 61.3. The van der Waals surface area contributed by atoms with E-state index in [2.05, 4.69) is 56.2 Å². The van der Waals surface area contributed by atoms with Gasteiger partial charge in [0.25, 0.3) is 0 Å². The molecule has 0 heterocycles. The highest BCUT2D eigenvalue weighted by Crippen LogP contribution is 2.14. The van der Waals surface area contributed by atoms with Crippen molar-refractivity contribution in [3.8, 4) is 0 Å². The highest BCUT2D eigenvalue weighted by atomic mass is 16.6. The lowest BCUT2D eigenvalue weighted by molar-refractivity contribution is -0.146. The fourth-order valence-electron chi connectivity index (χ4n) is 8.90. The number of carbonyl (C=O) groups is 1. The van der Waals surface area contributed by atoms with Gasteiger partial charge in [0.05, 0.1) is 13.2 Å². The Morgan fingerprint density at radius 1 is 0.355 bits per heavy atom. The Bertz CT molecular complexity index is 822. The third-order valence-corrected chi connectivity index (χ3v) is 13.3. The molecule has 0 aromatic carbocycles. The standard InChI is InChI=1S/C56H115N3O3/c1-7-12-17-22-27-32-37-43-57(44-38-33-28-23-18-13-8-2)48-42-55(6)54-61-51-52-62-56(60)53-59(47-41-36-31-26-21-16-11-5)50-49-58(45-39-34-29-24-19-14-9-3)46-40-35-30-25-20-15-10-4/h55H,7-54H2,1-6H3. The van der Waals surface area contributed by atoms with Crippen molar-refractivity contribution in [3.63, 3.8) is 0 Å². The summed E-state index contributed by atoms with van der Waals surface area (Å²) >= 11 is 0. The SMILES string of the molecule is CCCCCCCCCN(CCCCCCCCC)CCC(C)COCCOC(=O)CN(CCCCCCCCC)CCN(CCCCCCCCC)CCCCCCCCC. The maximum Gasteiger partial charge on any atom is 0.320 e. The van der Waals surface area contributed by atoms with Crippen LogP contribution in [0.4, 0.5) is 0 Å². The van der Waals surface area contributed by atoms with Crippen LogP contribution < -0.4 is 0 Å². The number of unbranched alkanes of at least 4 members (excludes halogenated alkanes) is 30. The van der Waals surface area contributed by atoms with Crippen LogP contribution in [0.25, 0.3) is 0 Å². The first-order chi connectivity index (χ1) is 30.5. The van der Waals surface area contributed by atoms with Crippen LogP contribution in [-0.2, 0) is 14.3 Å². The third-order valence-electron chi connectivity index (χ3n) is 13.3. The highest BCUT2D eigenvalue weighted by molar-refractivity contribution is 5.71. The molecular weight excluding hydrogens is 763 g/mol. The van der Waals surface area contributed by atoms with Crippen LogP contribution in [0.1, 0.15) is 273 Å². The predicted octanol–water partition coefficient (Wildman–Crippen LogP) is 16.2. The van der Waals surface area contributed by atoms with Gasteiger partial charge in [0.2, 0.25) is 0 Å². The Kier molecular flexibility index (Phi) is 50.7. The van der Waals surface area contributed by atoms with Crippen molar-refractivity contribution in [2.75, 3.05) is 78.7 Å². The molecular formula is C56H115N3O3. The van der Waals surface area contributed by atoms with Gasteiger partial charge in [0.15, 0.2) is 0 Å². The molecule has 0 saturated carbocycles. The molecule has 0 rings (SSSR count). The molecule has 6 heteroatoms. The molecule has 1 unspecified atom stereocenters. The van der Waals surface area contributed by atoms with Gasteiger partial charge in [-0.2, -0.15) is 0 Å². The summed E-state index contributed by atoms with van der Waals surface area (Å²) in [7, 11) is 0. The predicted molar refractivity (Wildman–Crippen MR) is 275 cm³/mol. The lowest BCUT2D eigenvalue weighted by Gasteiger charge is -2.27. The smallest absolute Gasteiger partial charge is 0.320 e. The number of nitrogens with zero attached hydrogens (tertiary/aromatic N) is 3. The summed E-state index contributed by atoms with van der Waals surface area (Å²) < 4.78 is 11.9. The molecule has 0 bridgehead atoms. The molecule has 1 atom stereocenters. The van der Waals surface area contributed by atoms with Crippen LogP contribution >= 0.6 is 0 Å². The van der Waals surface area contributed by atoms with Gasteiger partial charge in [0, 0.05) is 19.7 Å². The second-order valence-corrected chi connectivity index (χ2v) is 19.8. The minimum Gasteiger partial charge on any atom is -0.462 e. The van der Waals surface area contributed by atoms with Crippen molar-refractivity contribution in [3.05, 3.63) is 0 Å². The largest absolute Gasteiger partial charge is 0.462 e. The lowest BCUT2D eigenvalue weighted by Crippen LogP contribution is -2.39. The zero-order valence-electron chi connectivity index (χ0n) is 43.6. The molecule has 0 aromatic rings. The van der Waals surface area contributed by atoms with Crippen molar-refractivity contribution in [1.29, 1.82) is 0 Å². The van der Waals surface area contributed by atoms with E-state index < -0.39 is 0 Å². The number of ether oxygens (including phenoxy) is 2. The van der Waals surface area contributed by atoms with Crippen molar-refractivity contribution in [2.24, 2.45) is 5.92 Å². The lowest BCUT2D eigenvalue weighted by atomic mass is 10.1. The molecule has 0 saturated heterocycles. The number of esters is 1. The Morgan fingerprint density at radius 2 is 0.645 bits per heavy atom. The van der Waals surface area contributed by atoms with E-state index in [1.54, 1.807) is 0 Å². The van der Waals surface area contributed by atoms with Crippen molar-refractivity contribution < 1.29 is 14.3 Å². The molecule has 62 heavy (non-hydrogen) atoms. The van der Waals surface area contributed by atoms with Gasteiger partial charge in [-0.25, -0.2) is 0 Å². The van der Waals surface area contributed by atoms with Gasteiger partial charge in [-0.3, -0.25) is 9.69 Å². The zero-order valence-corrected chi connectivity index (χ0v) is 43.6. The van der Waals surface area contributed by atoms with E-state index >= 15 is 0 Å². The Labute approximate surface area is 390 Å². The van der Waals surface area contributed by atoms with Gasteiger partial charge in [0.1, 0.15) is 6.61 Å². The van der Waals surface area contributed by atoms with E-state index in [0.717, 1.165) is 26.2 Å². The quantitative estimate of drug-likeness (QED) is 0.0448. The van der Waals surface area contributed by atoms with Crippen LogP contribution in [0.15, 0.2) is 0 Å². The average molecular weight is 879 g/mol. The van der Waals surface area contributed by atoms with Crippen molar-refractivity contribution in [2.45, 2.75) is 273 Å². The molecule has 0 aliphatic rings. The molecule has 6 nitrogen and oxygen atoms in total. The molecule has 0 aromatic heterocycles. The van der Waals surface area contributed by atoms with Gasteiger partial charge >= 0.3 is 5.97 Å². The van der Waals surface area contributed by atoms with E-state index in [1.807, 2.05) is 0 Å². The van der Waals surface area contributed by atoms with E-state index in [-0.39, 0.29) is 5.97 Å². The zero-order chi connectivity index (χ0) is 45.2. The summed E-state index contributed by atoms with van der Waals surface area (Å²) in [6.45, 7) is 24.9. The monoisotopic (exact) mass is 878 g/mol. The van der Waals surface area contributed by atoms with E-state index in [4.69, 9.17) is 9.47 Å². The average Bonchev–Trinajstić information content (AvgIpc) is 3.27. The number of hydrogen-bond donors (Lipinski definition) is 0. The molecule has 0 amide bonds. The molecule has 0 aliphatic heterocycles. The Balaban J connectivity index is 4.91. The maximum absolute atomic E-state index is 13.2. The molecule has 372 valence electrons. The summed E-state index contributed by atoms with van der Waals surface area (Å²) in [6.07, 6.45) is 48.6. The van der Waals surface area contributed by atoms with Crippen LogP contribution in [0, 0.1) is 5.92 Å². The Morgan fingerprint density at radius 3 is 1.00 bits per heavy atom. The Hall–Kier alpha value is -0.690. The summed E-state index contributed by atoms with van der Waals surface area (Å²) in [5.74, 6) is 0.431. The number of hydrogen-bond acceptors (Lipinski definition) is 6. The van der Waals surface area contributed by atoms with Crippen LogP contribution in [0.2, 0.25) is 0 Å². The maximum atomic E-state index is 13.2. The summed E-state index contributed by atoms with van der Waals surface area (Å²) in [5.41, 5.74) is 0. The summed E-state index contributed by atoms with van der Waals surface area (Å²) in [6, 6.07) is 0. The summed E-state index contributed by atoms with van der Waals surface area (Å²) in [4.78, 5) is 21.1. The fourth-order valence-corrected chi connectivity index (χ4v) is 8.90. The third kappa shape index (κ3) is 45.9. The van der Waals surface area contributed by atoms with Crippen LogP contribution in [-0.4, -0.2) is 99.4 Å². The van der Waals surface area contributed by atoms with Crippen molar-refractivity contribution in [1.82, 2.24) is 14.7 Å². The van der Waals surface area contributed by atoms with Gasteiger partial charge in [-0.15, -0.1) is 0 Å². The van der Waals surface area contributed by atoms with E-state index in [0.29, 0.717) is 25.7 Å². The molecule has 0 fully saturated rings. The van der Waals surface area contributed by atoms with Crippen molar-refractivity contribution >= 4 is 5.97 Å². The van der Waals surface area contributed by atoms with E-state index in [1.165, 1.54) is 264 Å². The molecule has 0 radical (unpaired) electrons. The molecule has 0 spiro atoms. The van der Waals surface area contributed by atoms with Crippen LogP contribution in [0.5, 0.6) is 0 Å². The highest BCUT2D eigenvalue weighted by Gasteiger charge is 2.15. The van der Waals surface area contributed by atoms with Crippen LogP contribution in [0.3, 0.4) is 0 Å². The van der Waals surface area contributed by atoms with Gasteiger partial charge in [-0.1, -0.05) is 234 Å². The first-order valence-electron chi connectivity index (χ1n) is 28.4. The molecule has 0 aliphatic carbocycles. The minimum atomic E-state index is -0.0818. The fraction of sp³-hybridized carbons (Fsp3) is 0.982. The normalized spacial score (nSPS) is 12.4. The second-order valence-electron chi connectivity index (χ2n) is 19.8. The minimum absolute atomic E-state index is 0.0818. The number of rotatable bonds is 53. The second kappa shape index (κ2) is 51.3. The van der Waals surface area contributed by atoms with Gasteiger partial charge in [-0.05, 0) is 83.7 Å². The topological polar surface area (TPSA) is 45.3 Å². The summed E-state index contributed by atoms with van der Waals surface area (Å²) in [5, 5.41) is 0. The first-order valence-corrected chi connectivity index (χ1v) is 28.4. The number of carbonyl (C=O) groups excluding carboxylic acids is 1.